The molecule has 0 fully saturated rings. The molecule has 0 radical (unpaired) electrons. The van der Waals surface area contributed by atoms with Crippen LogP contribution in [0.3, 0.4) is 0 Å². The van der Waals surface area contributed by atoms with E-state index in [4.69, 9.17) is 5.73 Å². The maximum absolute atomic E-state index is 12.0. The standard InChI is InChI=1S/C17H29N3O/c1-6-20(7-2)14-10-8-13(9-11-14)19-16(21)12-15(18)17(3,4)5/h8-11,15H,6-7,12,18H2,1-5H3,(H,19,21). The van der Waals surface area contributed by atoms with Gasteiger partial charge >= 0.3 is 0 Å². The highest BCUT2D eigenvalue weighted by atomic mass is 16.1. The lowest BCUT2D eigenvalue weighted by Crippen LogP contribution is -2.38. The molecule has 0 aliphatic heterocycles. The number of hydrogen-bond acceptors (Lipinski definition) is 3. The lowest BCUT2D eigenvalue weighted by molar-refractivity contribution is -0.117. The third-order valence-electron chi connectivity index (χ3n) is 3.80. The second-order valence-corrected chi connectivity index (χ2v) is 6.44. The Kier molecular flexibility index (Phi) is 6.21. The molecule has 1 rings (SSSR count). The summed E-state index contributed by atoms with van der Waals surface area (Å²) in [6.45, 7) is 12.4. The van der Waals surface area contributed by atoms with Crippen molar-refractivity contribution in [2.75, 3.05) is 23.3 Å². The molecule has 4 nitrogen and oxygen atoms in total. The van der Waals surface area contributed by atoms with E-state index in [9.17, 15) is 4.79 Å². The van der Waals surface area contributed by atoms with Gasteiger partial charge in [0.1, 0.15) is 0 Å². The van der Waals surface area contributed by atoms with Gasteiger partial charge in [0.15, 0.2) is 0 Å². The quantitative estimate of drug-likeness (QED) is 0.846. The number of carbonyl (C=O) groups is 1. The molecule has 1 aromatic carbocycles. The fraction of sp³-hybridized carbons (Fsp3) is 0.588. The summed E-state index contributed by atoms with van der Waals surface area (Å²) in [7, 11) is 0. The molecular weight excluding hydrogens is 262 g/mol. The van der Waals surface area contributed by atoms with E-state index in [1.807, 2.05) is 45.0 Å². The fourth-order valence-corrected chi connectivity index (χ4v) is 2.06. The van der Waals surface area contributed by atoms with E-state index in [2.05, 4.69) is 24.1 Å². The maximum atomic E-state index is 12.0. The fourth-order valence-electron chi connectivity index (χ4n) is 2.06. The lowest BCUT2D eigenvalue weighted by atomic mass is 9.85. The van der Waals surface area contributed by atoms with Gasteiger partial charge in [0.25, 0.3) is 0 Å². The minimum Gasteiger partial charge on any atom is -0.372 e. The van der Waals surface area contributed by atoms with E-state index in [-0.39, 0.29) is 17.4 Å². The molecule has 21 heavy (non-hydrogen) atoms. The lowest BCUT2D eigenvalue weighted by Gasteiger charge is -2.26. The third kappa shape index (κ3) is 5.38. The van der Waals surface area contributed by atoms with Gasteiger partial charge in [0.2, 0.25) is 5.91 Å². The Labute approximate surface area is 128 Å². The first-order valence-corrected chi connectivity index (χ1v) is 7.68. The maximum Gasteiger partial charge on any atom is 0.225 e. The molecule has 0 bridgehead atoms. The number of rotatable bonds is 6. The summed E-state index contributed by atoms with van der Waals surface area (Å²) in [5.41, 5.74) is 7.96. The summed E-state index contributed by atoms with van der Waals surface area (Å²) in [4.78, 5) is 14.3. The van der Waals surface area contributed by atoms with E-state index in [0.29, 0.717) is 6.42 Å². The number of nitrogens with one attached hydrogen (secondary N) is 1. The van der Waals surface area contributed by atoms with Crippen LogP contribution in [0.15, 0.2) is 24.3 Å². The van der Waals surface area contributed by atoms with Crippen LogP contribution >= 0.6 is 0 Å². The first-order valence-electron chi connectivity index (χ1n) is 7.68. The number of benzene rings is 1. The molecule has 118 valence electrons. The Balaban J connectivity index is 2.62. The van der Waals surface area contributed by atoms with Crippen LogP contribution < -0.4 is 16.0 Å². The Bertz CT molecular complexity index is 444. The van der Waals surface area contributed by atoms with Gasteiger partial charge < -0.3 is 16.0 Å². The van der Waals surface area contributed by atoms with Crippen molar-refractivity contribution in [2.24, 2.45) is 11.1 Å². The van der Waals surface area contributed by atoms with Crippen LogP contribution in [0.4, 0.5) is 11.4 Å². The van der Waals surface area contributed by atoms with E-state index in [1.54, 1.807) is 0 Å². The first-order chi connectivity index (χ1) is 9.77. The van der Waals surface area contributed by atoms with Crippen LogP contribution in [0, 0.1) is 5.41 Å². The number of nitrogens with zero attached hydrogens (tertiary/aromatic N) is 1. The average Bonchev–Trinajstić information content (AvgIpc) is 2.40. The molecule has 3 N–H and O–H groups in total. The van der Waals surface area contributed by atoms with E-state index >= 15 is 0 Å². The number of carbonyl (C=O) groups excluding carboxylic acids is 1. The molecule has 1 aromatic rings. The monoisotopic (exact) mass is 291 g/mol. The van der Waals surface area contributed by atoms with Crippen LogP contribution in [0.5, 0.6) is 0 Å². The Hall–Kier alpha value is -1.55. The molecule has 1 amide bonds. The second-order valence-electron chi connectivity index (χ2n) is 6.44. The SMILES string of the molecule is CCN(CC)c1ccc(NC(=O)CC(N)C(C)(C)C)cc1. The Morgan fingerprint density at radius 3 is 2.14 bits per heavy atom. The average molecular weight is 291 g/mol. The van der Waals surface area contributed by atoms with Gasteiger partial charge in [-0.2, -0.15) is 0 Å². The van der Waals surface area contributed by atoms with Crippen LogP contribution in [0.25, 0.3) is 0 Å². The van der Waals surface area contributed by atoms with Crippen LogP contribution in [-0.2, 0) is 4.79 Å². The predicted molar refractivity (Wildman–Crippen MR) is 90.7 cm³/mol. The van der Waals surface area contributed by atoms with Gasteiger partial charge in [-0.15, -0.1) is 0 Å². The third-order valence-corrected chi connectivity index (χ3v) is 3.80. The normalized spacial score (nSPS) is 12.9. The first kappa shape index (κ1) is 17.5. The molecule has 0 spiro atoms. The molecule has 4 heteroatoms. The molecule has 1 atom stereocenters. The van der Waals surface area contributed by atoms with Crippen molar-refractivity contribution in [3.05, 3.63) is 24.3 Å². The predicted octanol–water partition coefficient (Wildman–Crippen LogP) is 3.23. The zero-order chi connectivity index (χ0) is 16.0. The minimum absolute atomic E-state index is 0.0342. The van der Waals surface area contributed by atoms with Crippen molar-refractivity contribution in [3.8, 4) is 0 Å². The summed E-state index contributed by atoms with van der Waals surface area (Å²) in [5.74, 6) is -0.0342. The van der Waals surface area contributed by atoms with Crippen LogP contribution in [0.1, 0.15) is 41.0 Å². The van der Waals surface area contributed by atoms with Crippen molar-refractivity contribution in [1.29, 1.82) is 0 Å². The zero-order valence-electron chi connectivity index (χ0n) is 13.9. The van der Waals surface area contributed by atoms with Gasteiger partial charge in [0, 0.05) is 36.9 Å². The summed E-state index contributed by atoms with van der Waals surface area (Å²) < 4.78 is 0. The summed E-state index contributed by atoms with van der Waals surface area (Å²) in [6.07, 6.45) is 0.335. The molecule has 0 saturated heterocycles. The largest absolute Gasteiger partial charge is 0.372 e. The number of amides is 1. The van der Waals surface area contributed by atoms with Gasteiger partial charge in [-0.05, 0) is 43.5 Å². The highest BCUT2D eigenvalue weighted by Gasteiger charge is 2.23. The highest BCUT2D eigenvalue weighted by molar-refractivity contribution is 5.91. The zero-order valence-corrected chi connectivity index (χ0v) is 13.9. The van der Waals surface area contributed by atoms with E-state index in [1.165, 1.54) is 5.69 Å². The van der Waals surface area contributed by atoms with Crippen LogP contribution in [-0.4, -0.2) is 25.0 Å². The molecule has 0 saturated carbocycles. The van der Waals surface area contributed by atoms with Crippen molar-refractivity contribution >= 4 is 17.3 Å². The van der Waals surface area contributed by atoms with Gasteiger partial charge in [-0.3, -0.25) is 4.79 Å². The topological polar surface area (TPSA) is 58.4 Å². The van der Waals surface area contributed by atoms with Crippen molar-refractivity contribution < 1.29 is 4.79 Å². The van der Waals surface area contributed by atoms with Gasteiger partial charge in [-0.1, -0.05) is 20.8 Å². The second kappa shape index (κ2) is 7.46. The molecular formula is C17H29N3O. The van der Waals surface area contributed by atoms with Crippen molar-refractivity contribution in [3.63, 3.8) is 0 Å². The minimum atomic E-state index is -0.146. The molecule has 1 unspecified atom stereocenters. The van der Waals surface area contributed by atoms with Crippen molar-refractivity contribution in [2.45, 2.75) is 47.1 Å². The number of nitrogens with two attached hydrogens (primary N) is 1. The molecule has 0 aliphatic carbocycles. The summed E-state index contributed by atoms with van der Waals surface area (Å²) in [5, 5.41) is 2.91. The van der Waals surface area contributed by atoms with Crippen LogP contribution in [0.2, 0.25) is 0 Å². The van der Waals surface area contributed by atoms with Gasteiger partial charge in [0.05, 0.1) is 0 Å². The molecule has 0 heterocycles. The summed E-state index contributed by atoms with van der Waals surface area (Å²) >= 11 is 0. The number of hydrogen-bond donors (Lipinski definition) is 2. The molecule has 0 aliphatic rings. The Morgan fingerprint density at radius 2 is 1.71 bits per heavy atom. The van der Waals surface area contributed by atoms with Crippen molar-refractivity contribution in [1.82, 2.24) is 0 Å². The van der Waals surface area contributed by atoms with E-state index in [0.717, 1.165) is 18.8 Å². The number of anilines is 2. The smallest absolute Gasteiger partial charge is 0.225 e. The summed E-state index contributed by atoms with van der Waals surface area (Å²) in [6, 6.07) is 7.80. The highest BCUT2D eigenvalue weighted by Crippen LogP contribution is 2.21. The molecule has 0 aromatic heterocycles. The van der Waals surface area contributed by atoms with Gasteiger partial charge in [-0.25, -0.2) is 0 Å². The van der Waals surface area contributed by atoms with E-state index < -0.39 is 0 Å². The Morgan fingerprint density at radius 1 is 1.19 bits per heavy atom.